The quantitative estimate of drug-likeness (QED) is 0.323. The van der Waals surface area contributed by atoms with E-state index < -0.39 is 37.3 Å². The Labute approximate surface area is 205 Å². The van der Waals surface area contributed by atoms with Crippen molar-refractivity contribution in [3.8, 4) is 0 Å². The molecule has 3 rings (SSSR count). The minimum Gasteiger partial charge on any atom is -0.481 e. The topological polar surface area (TPSA) is 113 Å². The maximum Gasteiger partial charge on any atom is 0.408 e. The number of alkyl carbamates (subject to hydrolysis) is 1. The van der Waals surface area contributed by atoms with Crippen LogP contribution in [0.15, 0.2) is 78.9 Å². The lowest BCUT2D eigenvalue weighted by molar-refractivity contribution is -0.141. The van der Waals surface area contributed by atoms with Gasteiger partial charge in [0.25, 0.3) is 0 Å². The van der Waals surface area contributed by atoms with Crippen LogP contribution in [0.4, 0.5) is 4.79 Å². The molecule has 3 aromatic rings. The van der Waals surface area contributed by atoms with Crippen molar-refractivity contribution in [1.82, 2.24) is 5.32 Å². The maximum atomic E-state index is 13.7. The van der Waals surface area contributed by atoms with Crippen LogP contribution in [-0.4, -0.2) is 28.2 Å². The van der Waals surface area contributed by atoms with Crippen LogP contribution < -0.4 is 5.32 Å². The molecule has 0 spiro atoms. The van der Waals surface area contributed by atoms with Gasteiger partial charge in [0, 0.05) is 6.16 Å². The molecule has 184 valence electrons. The van der Waals surface area contributed by atoms with Gasteiger partial charge in [0.2, 0.25) is 7.37 Å². The van der Waals surface area contributed by atoms with E-state index in [1.807, 2.05) is 37.3 Å². The van der Waals surface area contributed by atoms with Crippen molar-refractivity contribution in [2.45, 2.75) is 32.7 Å². The number of aliphatic carboxylic acids is 1. The molecule has 0 fully saturated rings. The van der Waals surface area contributed by atoms with Gasteiger partial charge in [-0.05, 0) is 42.5 Å². The van der Waals surface area contributed by atoms with Gasteiger partial charge >= 0.3 is 12.1 Å². The maximum absolute atomic E-state index is 13.7. The van der Waals surface area contributed by atoms with Crippen molar-refractivity contribution in [2.24, 2.45) is 5.92 Å². The first-order valence-electron chi connectivity index (χ1n) is 11.3. The van der Waals surface area contributed by atoms with E-state index in [-0.39, 0.29) is 13.0 Å². The number of carboxylic acid groups (broad SMARTS) is 1. The summed E-state index contributed by atoms with van der Waals surface area (Å²) in [7, 11) is -4.26. The number of carbonyl (C=O) groups is 2. The van der Waals surface area contributed by atoms with Crippen LogP contribution in [0, 0.1) is 19.8 Å². The van der Waals surface area contributed by atoms with E-state index in [0.717, 1.165) is 16.7 Å². The number of aryl methyl sites for hydroxylation is 2. The van der Waals surface area contributed by atoms with E-state index in [1.54, 1.807) is 55.5 Å². The highest BCUT2D eigenvalue weighted by Gasteiger charge is 2.39. The lowest BCUT2D eigenvalue weighted by Crippen LogP contribution is -2.32. The van der Waals surface area contributed by atoms with E-state index in [4.69, 9.17) is 4.74 Å². The molecule has 35 heavy (non-hydrogen) atoms. The summed E-state index contributed by atoms with van der Waals surface area (Å²) in [5.41, 5.74) is 3.63. The number of hydrogen-bond donors (Lipinski definition) is 3. The number of nitrogens with one attached hydrogen (secondary N) is 1. The van der Waals surface area contributed by atoms with Crippen LogP contribution in [0.2, 0.25) is 0 Å². The molecule has 0 aliphatic carbocycles. The molecule has 0 aliphatic rings. The molecular weight excluding hydrogens is 465 g/mol. The summed E-state index contributed by atoms with van der Waals surface area (Å²) in [6.07, 6.45) is -1.27. The summed E-state index contributed by atoms with van der Waals surface area (Å²) >= 11 is 0. The molecule has 3 atom stereocenters. The smallest absolute Gasteiger partial charge is 0.408 e. The molecule has 0 aromatic heterocycles. The molecule has 3 aromatic carbocycles. The zero-order chi connectivity index (χ0) is 25.4. The van der Waals surface area contributed by atoms with E-state index >= 15 is 0 Å². The number of benzene rings is 3. The Balaban J connectivity index is 1.85. The molecule has 0 saturated carbocycles. The van der Waals surface area contributed by atoms with Crippen molar-refractivity contribution in [3.63, 3.8) is 0 Å². The van der Waals surface area contributed by atoms with Crippen LogP contribution in [0.3, 0.4) is 0 Å². The third kappa shape index (κ3) is 7.54. The first-order chi connectivity index (χ1) is 16.7. The van der Waals surface area contributed by atoms with Crippen LogP contribution >= 0.6 is 7.37 Å². The Hall–Kier alpha value is -3.41. The fourth-order valence-electron chi connectivity index (χ4n) is 3.95. The van der Waals surface area contributed by atoms with Gasteiger partial charge in [0.15, 0.2) is 0 Å². The van der Waals surface area contributed by atoms with Crippen LogP contribution in [-0.2, 0) is 27.1 Å². The number of ether oxygens (including phenoxy) is 1. The lowest BCUT2D eigenvalue weighted by atomic mass is 10.0. The Morgan fingerprint density at radius 2 is 1.54 bits per heavy atom. The highest BCUT2D eigenvalue weighted by atomic mass is 31.2. The number of hydrogen-bond acceptors (Lipinski definition) is 4. The largest absolute Gasteiger partial charge is 0.481 e. The predicted molar refractivity (Wildman–Crippen MR) is 134 cm³/mol. The van der Waals surface area contributed by atoms with Gasteiger partial charge in [-0.15, -0.1) is 0 Å². The van der Waals surface area contributed by atoms with Crippen molar-refractivity contribution in [1.29, 1.82) is 0 Å². The highest BCUT2D eigenvalue weighted by molar-refractivity contribution is 7.58. The first-order valence-corrected chi connectivity index (χ1v) is 13.2. The normalized spacial score (nSPS) is 14.4. The van der Waals surface area contributed by atoms with Gasteiger partial charge in [0.05, 0.1) is 5.92 Å². The van der Waals surface area contributed by atoms with Gasteiger partial charge < -0.3 is 20.1 Å². The van der Waals surface area contributed by atoms with Crippen LogP contribution in [0.5, 0.6) is 0 Å². The average Bonchev–Trinajstić information content (AvgIpc) is 2.82. The monoisotopic (exact) mass is 495 g/mol. The Morgan fingerprint density at radius 3 is 2.11 bits per heavy atom. The van der Waals surface area contributed by atoms with Crippen molar-refractivity contribution in [2.75, 3.05) is 6.16 Å². The van der Waals surface area contributed by atoms with E-state index in [0.29, 0.717) is 11.1 Å². The minimum atomic E-state index is -4.26. The molecule has 8 heteroatoms. The third-order valence-electron chi connectivity index (χ3n) is 5.75. The number of carbonyl (C=O) groups excluding carboxylic acids is 1. The molecule has 7 nitrogen and oxygen atoms in total. The Bertz CT molecular complexity index is 1200. The predicted octanol–water partition coefficient (Wildman–Crippen LogP) is 5.44. The molecule has 0 saturated heterocycles. The summed E-state index contributed by atoms with van der Waals surface area (Å²) in [6, 6.07) is 23.3. The molecule has 1 amide bonds. The van der Waals surface area contributed by atoms with Gasteiger partial charge in [-0.2, -0.15) is 0 Å². The summed E-state index contributed by atoms with van der Waals surface area (Å²) in [6.45, 7) is 3.67. The standard InChI is InChI=1S/C27H30NO6P/c1-19-13-14-24(20(2)15-19)25(28-27(31)34-17-22-11-7-4-8-12-22)35(32,33)18-23(26(29)30)16-21-9-5-3-6-10-21/h3-15,23,25H,16-18H2,1-2H3,(H,28,31)(H,29,30)(H,32,33). The molecule has 3 unspecified atom stereocenters. The van der Waals surface area contributed by atoms with Gasteiger partial charge in [0.1, 0.15) is 12.4 Å². The number of rotatable bonds is 10. The third-order valence-corrected chi connectivity index (χ3v) is 7.92. The molecule has 0 bridgehead atoms. The van der Waals surface area contributed by atoms with Gasteiger partial charge in [-0.3, -0.25) is 9.36 Å². The van der Waals surface area contributed by atoms with E-state index in [1.165, 1.54) is 0 Å². The first kappa shape index (κ1) is 26.2. The lowest BCUT2D eigenvalue weighted by Gasteiger charge is -2.28. The Kier molecular flexibility index (Phi) is 8.85. The fraction of sp³-hybridized carbons (Fsp3) is 0.259. The second kappa shape index (κ2) is 11.8. The van der Waals surface area contributed by atoms with Crippen molar-refractivity contribution >= 4 is 19.4 Å². The van der Waals surface area contributed by atoms with Crippen molar-refractivity contribution in [3.05, 3.63) is 107 Å². The molecule has 0 heterocycles. The average molecular weight is 496 g/mol. The number of carboxylic acids is 1. The van der Waals surface area contributed by atoms with Crippen molar-refractivity contribution < 1.29 is 28.9 Å². The molecular formula is C27H30NO6P. The summed E-state index contributed by atoms with van der Waals surface area (Å²) in [4.78, 5) is 35.8. The number of amides is 1. The zero-order valence-electron chi connectivity index (χ0n) is 19.8. The summed E-state index contributed by atoms with van der Waals surface area (Å²) in [5.74, 6) is -3.60. The molecule has 3 N–H and O–H groups in total. The Morgan fingerprint density at radius 1 is 0.943 bits per heavy atom. The van der Waals surface area contributed by atoms with Crippen LogP contribution in [0.25, 0.3) is 0 Å². The van der Waals surface area contributed by atoms with Gasteiger partial charge in [-0.1, -0.05) is 84.4 Å². The molecule has 0 aliphatic heterocycles. The summed E-state index contributed by atoms with van der Waals surface area (Å²) in [5, 5.41) is 12.3. The van der Waals surface area contributed by atoms with E-state index in [2.05, 4.69) is 5.32 Å². The summed E-state index contributed by atoms with van der Waals surface area (Å²) < 4.78 is 19.0. The fourth-order valence-corrected chi connectivity index (χ4v) is 6.11. The highest BCUT2D eigenvalue weighted by Crippen LogP contribution is 2.56. The SMILES string of the molecule is Cc1ccc(C(NC(=O)OCc2ccccc2)P(=O)(O)CC(Cc2ccccc2)C(=O)O)c(C)c1. The second-order valence-corrected chi connectivity index (χ2v) is 11.0. The zero-order valence-corrected chi connectivity index (χ0v) is 20.7. The minimum absolute atomic E-state index is 0.00619. The van der Waals surface area contributed by atoms with Crippen LogP contribution in [0.1, 0.15) is 33.6 Å². The second-order valence-electron chi connectivity index (χ2n) is 8.63. The van der Waals surface area contributed by atoms with Gasteiger partial charge in [-0.25, -0.2) is 4.79 Å². The molecule has 0 radical (unpaired) electrons. The van der Waals surface area contributed by atoms with E-state index in [9.17, 15) is 24.2 Å².